The van der Waals surface area contributed by atoms with Crippen molar-refractivity contribution in [1.29, 1.82) is 0 Å². The van der Waals surface area contributed by atoms with Crippen LogP contribution >= 0.6 is 31.9 Å². The van der Waals surface area contributed by atoms with Crippen molar-refractivity contribution in [2.75, 3.05) is 0 Å². The molecule has 80 valence electrons. The molecule has 0 atom stereocenters. The van der Waals surface area contributed by atoms with Crippen molar-refractivity contribution >= 4 is 40.8 Å². The summed E-state index contributed by atoms with van der Waals surface area (Å²) in [7, 11) is 0. The Kier molecular flexibility index (Phi) is 3.97. The lowest BCUT2D eigenvalue weighted by Gasteiger charge is -2.05. The average Bonchev–Trinajstić information content (AvgIpc) is 2.39. The second-order valence-corrected chi connectivity index (χ2v) is 4.95. The molecule has 0 saturated carbocycles. The molecule has 0 spiro atoms. The van der Waals surface area contributed by atoms with Gasteiger partial charge < -0.3 is 0 Å². The van der Waals surface area contributed by atoms with Gasteiger partial charge in [0.25, 0.3) is 0 Å². The van der Waals surface area contributed by atoms with Crippen molar-refractivity contribution in [2.45, 2.75) is 0 Å². The van der Waals surface area contributed by atoms with Crippen LogP contribution < -0.4 is 0 Å². The van der Waals surface area contributed by atoms with Gasteiger partial charge in [0.05, 0.1) is 0 Å². The van der Waals surface area contributed by atoms with Gasteiger partial charge in [-0.15, -0.1) is 0 Å². The van der Waals surface area contributed by atoms with E-state index in [-0.39, 0.29) is 0 Å². The van der Waals surface area contributed by atoms with Crippen molar-refractivity contribution in [1.82, 2.24) is 0 Å². The molecule has 16 heavy (non-hydrogen) atoms. The Balaban J connectivity index is 2.43. The maximum Gasteiger partial charge on any atom is 0.0395 e. The van der Waals surface area contributed by atoms with Gasteiger partial charge >= 0.3 is 0 Å². The summed E-state index contributed by atoms with van der Waals surface area (Å²) in [5.41, 5.74) is 2.33. The molecule has 0 bridgehead atoms. The smallest absolute Gasteiger partial charge is 0.0395 e. The fourth-order valence-electron chi connectivity index (χ4n) is 1.42. The van der Waals surface area contributed by atoms with Crippen molar-refractivity contribution in [2.24, 2.45) is 0 Å². The molecule has 0 radical (unpaired) electrons. The lowest BCUT2D eigenvalue weighted by molar-refractivity contribution is 1.64. The van der Waals surface area contributed by atoms with Gasteiger partial charge in [-0.2, -0.15) is 0 Å². The third kappa shape index (κ3) is 2.63. The van der Waals surface area contributed by atoms with E-state index in [9.17, 15) is 0 Å². The second-order valence-electron chi connectivity index (χ2n) is 3.36. The number of halogens is 2. The maximum atomic E-state index is 3.62. The van der Waals surface area contributed by atoms with Gasteiger partial charge in [-0.3, -0.25) is 0 Å². The van der Waals surface area contributed by atoms with E-state index in [1.807, 2.05) is 36.4 Å². The molecule has 0 aliphatic carbocycles. The van der Waals surface area contributed by atoms with Gasteiger partial charge in [0.15, 0.2) is 0 Å². The maximum absolute atomic E-state index is 3.62. The Labute approximate surface area is 112 Å². The molecule has 2 aromatic carbocycles. The first-order valence-corrected chi connectivity index (χ1v) is 6.54. The highest BCUT2D eigenvalue weighted by atomic mass is 79.9. The minimum Gasteiger partial charge on any atom is -0.0622 e. The minimum atomic E-state index is 1.07. The minimum absolute atomic E-state index is 1.07. The van der Waals surface area contributed by atoms with E-state index in [0.717, 1.165) is 8.96 Å². The van der Waals surface area contributed by atoms with Crippen LogP contribution in [0, 0.1) is 0 Å². The van der Waals surface area contributed by atoms with Crippen LogP contribution in [0.2, 0.25) is 0 Å². The second kappa shape index (κ2) is 5.46. The molecule has 2 aromatic rings. The zero-order valence-corrected chi connectivity index (χ0v) is 11.7. The first-order chi connectivity index (χ1) is 7.79. The Morgan fingerprint density at radius 1 is 0.562 bits per heavy atom. The number of benzene rings is 2. The third-order valence-corrected chi connectivity index (χ3v) is 4.49. The predicted molar refractivity (Wildman–Crippen MR) is 77.6 cm³/mol. The molecule has 0 amide bonds. The van der Waals surface area contributed by atoms with E-state index in [2.05, 4.69) is 56.1 Å². The Bertz CT molecular complexity index is 439. The first kappa shape index (κ1) is 11.6. The number of hydrogen-bond donors (Lipinski definition) is 0. The monoisotopic (exact) mass is 336 g/mol. The van der Waals surface area contributed by atoms with Crippen LogP contribution in [-0.4, -0.2) is 0 Å². The first-order valence-electron chi connectivity index (χ1n) is 4.95. The van der Waals surface area contributed by atoms with E-state index in [4.69, 9.17) is 0 Å². The summed E-state index contributed by atoms with van der Waals surface area (Å²) in [5, 5.41) is 0. The van der Waals surface area contributed by atoms with Crippen LogP contribution in [0.1, 0.15) is 11.1 Å². The van der Waals surface area contributed by atoms with Gasteiger partial charge in [0.1, 0.15) is 0 Å². The van der Waals surface area contributed by atoms with Crippen LogP contribution in [0.4, 0.5) is 0 Å². The highest BCUT2D eigenvalue weighted by Crippen LogP contribution is 2.34. The molecule has 0 aromatic heterocycles. The average molecular weight is 338 g/mol. The lowest BCUT2D eigenvalue weighted by Crippen LogP contribution is -1.80. The molecule has 0 aliphatic heterocycles. The summed E-state index contributed by atoms with van der Waals surface area (Å²) in [6.45, 7) is 0. The fourth-order valence-corrected chi connectivity index (χ4v) is 2.41. The Morgan fingerprint density at radius 2 is 0.875 bits per heavy atom. The predicted octanol–water partition coefficient (Wildman–Crippen LogP) is 5.30. The largest absolute Gasteiger partial charge is 0.0622 e. The molecule has 2 heteroatoms. The van der Waals surface area contributed by atoms with E-state index < -0.39 is 0 Å². The summed E-state index contributed by atoms with van der Waals surface area (Å²) < 4.78 is 2.14. The molecule has 0 heterocycles. The lowest BCUT2D eigenvalue weighted by atomic mass is 10.1. The van der Waals surface area contributed by atoms with Crippen molar-refractivity contribution < 1.29 is 0 Å². The van der Waals surface area contributed by atoms with Crippen LogP contribution in [0.15, 0.2) is 60.7 Å². The van der Waals surface area contributed by atoms with Crippen LogP contribution in [-0.2, 0) is 0 Å². The molecule has 0 unspecified atom stereocenters. The molecular formula is C14H10Br2. The summed E-state index contributed by atoms with van der Waals surface area (Å²) in [6.07, 6.45) is 0. The van der Waals surface area contributed by atoms with Crippen LogP contribution in [0.25, 0.3) is 8.96 Å². The molecule has 0 N–H and O–H groups in total. The van der Waals surface area contributed by atoms with E-state index in [0.29, 0.717) is 0 Å². The van der Waals surface area contributed by atoms with Gasteiger partial charge in [-0.25, -0.2) is 0 Å². The van der Waals surface area contributed by atoms with Crippen LogP contribution in [0.3, 0.4) is 0 Å². The Hall–Kier alpha value is -0.860. The fraction of sp³-hybridized carbons (Fsp3) is 0. The molecule has 0 aliphatic rings. The highest BCUT2D eigenvalue weighted by Gasteiger charge is 2.05. The van der Waals surface area contributed by atoms with E-state index >= 15 is 0 Å². The molecule has 2 rings (SSSR count). The standard InChI is InChI=1S/C14H10Br2/c15-13(11-7-3-1-4-8-11)14(16)12-9-5-2-6-10-12/h1-10H/b14-13-. The number of hydrogen-bond acceptors (Lipinski definition) is 0. The highest BCUT2D eigenvalue weighted by molar-refractivity contribution is 9.18. The summed E-state index contributed by atoms with van der Waals surface area (Å²) in [5.74, 6) is 0. The summed E-state index contributed by atoms with van der Waals surface area (Å²) in [6, 6.07) is 20.5. The summed E-state index contributed by atoms with van der Waals surface area (Å²) in [4.78, 5) is 0. The number of rotatable bonds is 2. The quantitative estimate of drug-likeness (QED) is 0.652. The van der Waals surface area contributed by atoms with Crippen LogP contribution in [0.5, 0.6) is 0 Å². The SMILES string of the molecule is Br/C(=C(\Br)c1ccccc1)c1ccccc1. The zero-order valence-electron chi connectivity index (χ0n) is 8.53. The molecule has 0 saturated heterocycles. The van der Waals surface area contributed by atoms with Crippen molar-refractivity contribution in [3.63, 3.8) is 0 Å². The van der Waals surface area contributed by atoms with E-state index in [1.165, 1.54) is 11.1 Å². The van der Waals surface area contributed by atoms with Crippen molar-refractivity contribution in [3.8, 4) is 0 Å². The topological polar surface area (TPSA) is 0 Å². The van der Waals surface area contributed by atoms with E-state index in [1.54, 1.807) is 0 Å². The molecular weight excluding hydrogens is 328 g/mol. The van der Waals surface area contributed by atoms with Gasteiger partial charge in [0, 0.05) is 8.96 Å². The van der Waals surface area contributed by atoms with Gasteiger partial charge in [0.2, 0.25) is 0 Å². The molecule has 0 fully saturated rings. The zero-order chi connectivity index (χ0) is 11.4. The van der Waals surface area contributed by atoms with Crippen molar-refractivity contribution in [3.05, 3.63) is 71.8 Å². The third-order valence-electron chi connectivity index (χ3n) is 2.25. The summed E-state index contributed by atoms with van der Waals surface area (Å²) >= 11 is 7.24. The molecule has 0 nitrogen and oxygen atoms in total. The van der Waals surface area contributed by atoms with Gasteiger partial charge in [-0.05, 0) is 43.0 Å². The van der Waals surface area contributed by atoms with Gasteiger partial charge in [-0.1, -0.05) is 60.7 Å². The Morgan fingerprint density at radius 3 is 1.19 bits per heavy atom. The normalized spacial score (nSPS) is 12.1.